The number of anilines is 1. The van der Waals surface area contributed by atoms with E-state index in [1.54, 1.807) is 11.3 Å². The van der Waals surface area contributed by atoms with E-state index in [0.29, 0.717) is 6.54 Å². The van der Waals surface area contributed by atoms with Crippen molar-refractivity contribution in [3.63, 3.8) is 0 Å². The molecule has 0 saturated carbocycles. The van der Waals surface area contributed by atoms with Crippen LogP contribution in [0.25, 0.3) is 0 Å². The molecule has 0 saturated heterocycles. The molecular formula is C12H9BrF3NS. The highest BCUT2D eigenvalue weighted by Crippen LogP contribution is 2.27. The van der Waals surface area contributed by atoms with Crippen molar-refractivity contribution in [3.05, 3.63) is 49.9 Å². The number of halogens is 4. The zero-order chi connectivity index (χ0) is 13.3. The highest BCUT2D eigenvalue weighted by molar-refractivity contribution is 9.10. The van der Waals surface area contributed by atoms with Crippen LogP contribution >= 0.6 is 27.3 Å². The van der Waals surface area contributed by atoms with Gasteiger partial charge in [-0.1, -0.05) is 0 Å². The first-order valence-corrected chi connectivity index (χ1v) is 6.72. The Morgan fingerprint density at radius 1 is 1.22 bits per heavy atom. The number of nitrogens with one attached hydrogen (secondary N) is 1. The van der Waals surface area contributed by atoms with Gasteiger partial charge in [-0.3, -0.25) is 0 Å². The molecule has 0 aliphatic rings. The van der Waals surface area contributed by atoms with E-state index >= 15 is 0 Å². The van der Waals surface area contributed by atoms with Crippen molar-refractivity contribution in [1.29, 1.82) is 0 Å². The van der Waals surface area contributed by atoms with Crippen LogP contribution in [0.3, 0.4) is 0 Å². The Bertz CT molecular complexity index is 563. The first-order chi connectivity index (χ1) is 8.49. The summed E-state index contributed by atoms with van der Waals surface area (Å²) in [6.45, 7) is 2.31. The maximum absolute atomic E-state index is 13.4. The van der Waals surface area contributed by atoms with Crippen molar-refractivity contribution in [2.24, 2.45) is 0 Å². The lowest BCUT2D eigenvalue weighted by Crippen LogP contribution is -2.02. The number of aryl methyl sites for hydroxylation is 1. The molecule has 1 N–H and O–H groups in total. The number of hydrogen-bond acceptors (Lipinski definition) is 2. The fourth-order valence-corrected chi connectivity index (χ4v) is 2.99. The van der Waals surface area contributed by atoms with E-state index in [-0.39, 0.29) is 5.69 Å². The van der Waals surface area contributed by atoms with Crippen molar-refractivity contribution in [3.8, 4) is 0 Å². The lowest BCUT2D eigenvalue weighted by Gasteiger charge is -2.06. The quantitative estimate of drug-likeness (QED) is 0.790. The third-order valence-corrected chi connectivity index (χ3v) is 4.53. The minimum atomic E-state index is -1.46. The molecule has 0 fully saturated rings. The molecule has 0 amide bonds. The summed E-state index contributed by atoms with van der Waals surface area (Å²) in [6.07, 6.45) is 0. The van der Waals surface area contributed by atoms with Gasteiger partial charge >= 0.3 is 0 Å². The summed E-state index contributed by atoms with van der Waals surface area (Å²) >= 11 is 4.92. The monoisotopic (exact) mass is 335 g/mol. The van der Waals surface area contributed by atoms with Crippen molar-refractivity contribution in [1.82, 2.24) is 0 Å². The molecule has 0 bridgehead atoms. The van der Waals surface area contributed by atoms with Crippen LogP contribution in [0.4, 0.5) is 18.9 Å². The Balaban J connectivity index is 2.13. The molecule has 18 heavy (non-hydrogen) atoms. The summed E-state index contributed by atoms with van der Waals surface area (Å²) < 4.78 is 40.1. The molecule has 0 atom stereocenters. The Labute approximate surface area is 115 Å². The predicted molar refractivity (Wildman–Crippen MR) is 70.4 cm³/mol. The molecule has 1 aromatic carbocycles. The average molecular weight is 336 g/mol. The molecule has 0 aliphatic heterocycles. The van der Waals surface area contributed by atoms with Crippen LogP contribution in [0.1, 0.15) is 9.75 Å². The maximum Gasteiger partial charge on any atom is 0.196 e. The van der Waals surface area contributed by atoms with Gasteiger partial charge in [0, 0.05) is 20.8 Å². The van der Waals surface area contributed by atoms with Crippen molar-refractivity contribution >= 4 is 33.0 Å². The van der Waals surface area contributed by atoms with E-state index in [1.807, 2.05) is 13.0 Å². The van der Waals surface area contributed by atoms with Gasteiger partial charge in [-0.25, -0.2) is 13.2 Å². The summed E-state index contributed by atoms with van der Waals surface area (Å²) in [5, 5.41) is 2.75. The van der Waals surface area contributed by atoms with E-state index in [2.05, 4.69) is 21.2 Å². The van der Waals surface area contributed by atoms with Gasteiger partial charge in [0.05, 0.1) is 5.69 Å². The van der Waals surface area contributed by atoms with Gasteiger partial charge in [0.15, 0.2) is 17.5 Å². The molecule has 1 aromatic heterocycles. The molecule has 1 nitrogen and oxygen atoms in total. The minimum Gasteiger partial charge on any atom is -0.378 e. The highest BCUT2D eigenvalue weighted by Gasteiger charge is 2.13. The van der Waals surface area contributed by atoms with E-state index in [1.165, 1.54) is 6.07 Å². The fraction of sp³-hybridized carbons (Fsp3) is 0.167. The van der Waals surface area contributed by atoms with Gasteiger partial charge in [-0.05, 0) is 41.1 Å². The van der Waals surface area contributed by atoms with Gasteiger partial charge in [0.2, 0.25) is 0 Å². The summed E-state index contributed by atoms with van der Waals surface area (Å²) in [6, 6.07) is 3.99. The van der Waals surface area contributed by atoms with Gasteiger partial charge in [0.1, 0.15) is 0 Å². The number of benzene rings is 1. The summed E-state index contributed by atoms with van der Waals surface area (Å²) in [5.74, 6) is -3.83. The zero-order valence-corrected chi connectivity index (χ0v) is 11.8. The zero-order valence-electron chi connectivity index (χ0n) is 9.36. The first-order valence-electron chi connectivity index (χ1n) is 5.11. The van der Waals surface area contributed by atoms with E-state index in [0.717, 1.165) is 20.3 Å². The van der Waals surface area contributed by atoms with E-state index < -0.39 is 17.5 Å². The molecule has 2 rings (SSSR count). The first kappa shape index (κ1) is 13.4. The molecule has 0 spiro atoms. The third-order valence-electron chi connectivity index (χ3n) is 2.40. The SMILES string of the molecule is Cc1sc(CNc2ccc(F)c(F)c2F)cc1Br. The second kappa shape index (κ2) is 5.32. The van der Waals surface area contributed by atoms with Crippen LogP contribution < -0.4 is 5.32 Å². The number of hydrogen-bond donors (Lipinski definition) is 1. The fourth-order valence-electron chi connectivity index (χ4n) is 1.45. The van der Waals surface area contributed by atoms with Gasteiger partial charge < -0.3 is 5.32 Å². The van der Waals surface area contributed by atoms with Crippen LogP contribution in [0.5, 0.6) is 0 Å². The van der Waals surface area contributed by atoms with Gasteiger partial charge in [-0.2, -0.15) is 0 Å². The van der Waals surface area contributed by atoms with Crippen LogP contribution in [-0.4, -0.2) is 0 Å². The van der Waals surface area contributed by atoms with Crippen LogP contribution in [0.2, 0.25) is 0 Å². The molecule has 2 aromatic rings. The molecule has 6 heteroatoms. The van der Waals surface area contributed by atoms with Gasteiger partial charge in [-0.15, -0.1) is 11.3 Å². The second-order valence-electron chi connectivity index (χ2n) is 3.69. The third kappa shape index (κ3) is 2.70. The van der Waals surface area contributed by atoms with Crippen LogP contribution in [-0.2, 0) is 6.54 Å². The number of thiophene rings is 1. The predicted octanol–water partition coefficient (Wildman–Crippen LogP) is 4.85. The number of rotatable bonds is 3. The minimum absolute atomic E-state index is 0.0453. The van der Waals surface area contributed by atoms with Crippen molar-refractivity contribution in [2.75, 3.05) is 5.32 Å². The maximum atomic E-state index is 13.4. The average Bonchev–Trinajstić information content (AvgIpc) is 2.65. The molecule has 96 valence electrons. The van der Waals surface area contributed by atoms with Crippen LogP contribution in [0, 0.1) is 24.4 Å². The Morgan fingerprint density at radius 2 is 1.94 bits per heavy atom. The van der Waals surface area contributed by atoms with Gasteiger partial charge in [0.25, 0.3) is 0 Å². The Hall–Kier alpha value is -1.01. The Kier molecular flexibility index (Phi) is 3.97. The lowest BCUT2D eigenvalue weighted by atomic mass is 10.2. The van der Waals surface area contributed by atoms with Crippen LogP contribution in [0.15, 0.2) is 22.7 Å². The topological polar surface area (TPSA) is 12.0 Å². The van der Waals surface area contributed by atoms with Crippen molar-refractivity contribution in [2.45, 2.75) is 13.5 Å². The second-order valence-corrected chi connectivity index (χ2v) is 5.89. The highest BCUT2D eigenvalue weighted by atomic mass is 79.9. The molecular weight excluding hydrogens is 327 g/mol. The normalized spacial score (nSPS) is 10.7. The van der Waals surface area contributed by atoms with Crippen molar-refractivity contribution < 1.29 is 13.2 Å². The summed E-state index contributed by atoms with van der Waals surface area (Å²) in [4.78, 5) is 2.08. The molecule has 0 aliphatic carbocycles. The molecule has 1 heterocycles. The molecule has 0 unspecified atom stereocenters. The summed E-state index contributed by atoms with van der Waals surface area (Å²) in [7, 11) is 0. The Morgan fingerprint density at radius 3 is 2.56 bits per heavy atom. The standard InChI is InChI=1S/C12H9BrF3NS/c1-6-8(13)4-7(18-6)5-17-10-3-2-9(14)11(15)12(10)16/h2-4,17H,5H2,1H3. The van der Waals surface area contributed by atoms with E-state index in [4.69, 9.17) is 0 Å². The molecule has 0 radical (unpaired) electrons. The largest absolute Gasteiger partial charge is 0.378 e. The smallest absolute Gasteiger partial charge is 0.196 e. The van der Waals surface area contributed by atoms with E-state index in [9.17, 15) is 13.2 Å². The lowest BCUT2D eigenvalue weighted by molar-refractivity contribution is 0.449. The summed E-state index contributed by atoms with van der Waals surface area (Å²) in [5.41, 5.74) is -0.0453.